The summed E-state index contributed by atoms with van der Waals surface area (Å²) in [6, 6.07) is 6.04. The van der Waals surface area contributed by atoms with Crippen molar-refractivity contribution in [2.24, 2.45) is 0 Å². The molecule has 1 N–H and O–H groups in total. The maximum absolute atomic E-state index is 12.8. The Kier molecular flexibility index (Phi) is 5.67. The van der Waals surface area contributed by atoms with Gasteiger partial charge in [-0.05, 0) is 31.5 Å². The van der Waals surface area contributed by atoms with Gasteiger partial charge in [0, 0.05) is 37.5 Å². The Morgan fingerprint density at radius 1 is 1.27 bits per heavy atom. The van der Waals surface area contributed by atoms with E-state index < -0.39 is 15.8 Å². The Morgan fingerprint density at radius 2 is 1.92 bits per heavy atom. The van der Waals surface area contributed by atoms with Crippen LogP contribution in [0.4, 0.5) is 0 Å². The molecule has 2 aliphatic heterocycles. The van der Waals surface area contributed by atoms with Crippen LogP contribution in [0.5, 0.6) is 0 Å². The summed E-state index contributed by atoms with van der Waals surface area (Å²) in [5.41, 5.74) is 0.376. The Labute approximate surface area is 154 Å². The van der Waals surface area contributed by atoms with E-state index in [9.17, 15) is 13.2 Å². The molecule has 0 radical (unpaired) electrons. The lowest BCUT2D eigenvalue weighted by Gasteiger charge is -2.37. The molecule has 1 unspecified atom stereocenters. The van der Waals surface area contributed by atoms with Gasteiger partial charge in [0.1, 0.15) is 0 Å². The molecule has 1 spiro atoms. The molecule has 0 saturated carbocycles. The van der Waals surface area contributed by atoms with E-state index in [-0.39, 0.29) is 16.8 Å². The lowest BCUT2D eigenvalue weighted by molar-refractivity contribution is -0.181. The van der Waals surface area contributed by atoms with Crippen LogP contribution >= 0.6 is 0 Å². The van der Waals surface area contributed by atoms with Crippen molar-refractivity contribution in [3.63, 3.8) is 0 Å². The molecule has 7 nitrogen and oxygen atoms in total. The van der Waals surface area contributed by atoms with E-state index in [2.05, 4.69) is 4.72 Å². The SMILES string of the molecule is CCC(C)NS(=O)(=O)c1cccc(C(=O)N2CCC3(CC2)OCCO3)c1. The third-order valence-electron chi connectivity index (χ3n) is 4.99. The molecule has 2 saturated heterocycles. The normalized spacial score (nSPS) is 21.1. The van der Waals surface area contributed by atoms with Gasteiger partial charge in [-0.25, -0.2) is 13.1 Å². The highest BCUT2D eigenvalue weighted by Crippen LogP contribution is 2.31. The van der Waals surface area contributed by atoms with E-state index in [0.717, 1.165) is 0 Å². The summed E-state index contributed by atoms with van der Waals surface area (Å²) >= 11 is 0. The Balaban J connectivity index is 1.71. The summed E-state index contributed by atoms with van der Waals surface area (Å²) in [6.45, 7) is 5.97. The molecule has 1 amide bonds. The summed E-state index contributed by atoms with van der Waals surface area (Å²) < 4.78 is 38.9. The molecular weight excluding hydrogens is 356 g/mol. The zero-order chi connectivity index (χ0) is 18.8. The number of benzene rings is 1. The fourth-order valence-electron chi connectivity index (χ4n) is 3.23. The van der Waals surface area contributed by atoms with Crippen LogP contribution in [0.25, 0.3) is 0 Å². The van der Waals surface area contributed by atoms with Crippen molar-refractivity contribution < 1.29 is 22.7 Å². The molecule has 3 rings (SSSR count). The number of piperidine rings is 1. The first-order valence-corrected chi connectivity index (χ1v) is 10.5. The quantitative estimate of drug-likeness (QED) is 0.839. The minimum Gasteiger partial charge on any atom is -0.347 e. The highest BCUT2D eigenvalue weighted by atomic mass is 32.2. The van der Waals surface area contributed by atoms with E-state index in [1.54, 1.807) is 17.0 Å². The van der Waals surface area contributed by atoms with Crippen LogP contribution in [0, 0.1) is 0 Å². The van der Waals surface area contributed by atoms with Crippen LogP contribution in [0.1, 0.15) is 43.5 Å². The number of amides is 1. The van der Waals surface area contributed by atoms with E-state index in [1.165, 1.54) is 12.1 Å². The Hall–Kier alpha value is -1.48. The second-order valence-corrected chi connectivity index (χ2v) is 8.57. The molecule has 0 bridgehead atoms. The van der Waals surface area contributed by atoms with Crippen molar-refractivity contribution in [3.05, 3.63) is 29.8 Å². The van der Waals surface area contributed by atoms with Crippen LogP contribution in [0.2, 0.25) is 0 Å². The highest BCUT2D eigenvalue weighted by molar-refractivity contribution is 7.89. The summed E-state index contributed by atoms with van der Waals surface area (Å²) in [6.07, 6.45) is 1.95. The monoisotopic (exact) mass is 382 g/mol. The first-order valence-electron chi connectivity index (χ1n) is 9.05. The van der Waals surface area contributed by atoms with E-state index in [4.69, 9.17) is 9.47 Å². The molecular formula is C18H26N2O5S. The molecule has 1 aromatic rings. The number of nitrogens with zero attached hydrogens (tertiary/aromatic N) is 1. The molecule has 1 aromatic carbocycles. The molecule has 8 heteroatoms. The van der Waals surface area contributed by atoms with Crippen LogP contribution in [-0.4, -0.2) is 57.4 Å². The number of sulfonamides is 1. The second-order valence-electron chi connectivity index (χ2n) is 6.86. The molecule has 2 heterocycles. The zero-order valence-electron chi connectivity index (χ0n) is 15.2. The van der Waals surface area contributed by atoms with Gasteiger partial charge in [-0.1, -0.05) is 13.0 Å². The van der Waals surface area contributed by atoms with Gasteiger partial charge in [0.25, 0.3) is 5.91 Å². The number of hydrogen-bond donors (Lipinski definition) is 1. The van der Waals surface area contributed by atoms with Crippen LogP contribution in [-0.2, 0) is 19.5 Å². The smallest absolute Gasteiger partial charge is 0.253 e. The standard InChI is InChI=1S/C18H26N2O5S/c1-3-14(2)19-26(22,23)16-6-4-5-15(13-16)17(21)20-9-7-18(8-10-20)24-11-12-25-18/h4-6,13-14,19H,3,7-12H2,1-2H3. The van der Waals surface area contributed by atoms with Crippen LogP contribution < -0.4 is 4.72 Å². The molecule has 144 valence electrons. The first-order chi connectivity index (χ1) is 12.4. The summed E-state index contributed by atoms with van der Waals surface area (Å²) in [4.78, 5) is 14.6. The molecule has 1 atom stereocenters. The largest absolute Gasteiger partial charge is 0.347 e. The van der Waals surface area contributed by atoms with Crippen molar-refractivity contribution in [1.29, 1.82) is 0 Å². The number of rotatable bonds is 5. The zero-order valence-corrected chi connectivity index (χ0v) is 16.0. The van der Waals surface area contributed by atoms with Gasteiger partial charge in [-0.2, -0.15) is 0 Å². The van der Waals surface area contributed by atoms with Gasteiger partial charge in [-0.15, -0.1) is 0 Å². The molecule has 2 fully saturated rings. The van der Waals surface area contributed by atoms with Gasteiger partial charge >= 0.3 is 0 Å². The van der Waals surface area contributed by atoms with Gasteiger partial charge in [0.05, 0.1) is 18.1 Å². The van der Waals surface area contributed by atoms with E-state index in [0.29, 0.717) is 51.1 Å². The van der Waals surface area contributed by atoms with Crippen molar-refractivity contribution in [1.82, 2.24) is 9.62 Å². The Morgan fingerprint density at radius 3 is 2.54 bits per heavy atom. The summed E-state index contributed by atoms with van der Waals surface area (Å²) in [7, 11) is -3.64. The fourth-order valence-corrected chi connectivity index (χ4v) is 4.60. The topological polar surface area (TPSA) is 84.9 Å². The third kappa shape index (κ3) is 4.09. The van der Waals surface area contributed by atoms with Gasteiger partial charge in [-0.3, -0.25) is 4.79 Å². The minimum atomic E-state index is -3.64. The summed E-state index contributed by atoms with van der Waals surface area (Å²) in [5.74, 6) is -0.708. The number of carbonyl (C=O) groups excluding carboxylic acids is 1. The number of likely N-dealkylation sites (tertiary alicyclic amines) is 1. The van der Waals surface area contributed by atoms with Crippen LogP contribution in [0.15, 0.2) is 29.2 Å². The minimum absolute atomic E-state index is 0.111. The average Bonchev–Trinajstić information content (AvgIpc) is 3.09. The van der Waals surface area contributed by atoms with E-state index in [1.807, 2.05) is 13.8 Å². The van der Waals surface area contributed by atoms with Crippen molar-refractivity contribution in [3.8, 4) is 0 Å². The fraction of sp³-hybridized carbons (Fsp3) is 0.611. The average molecular weight is 382 g/mol. The Bertz CT molecular complexity index is 749. The van der Waals surface area contributed by atoms with Crippen molar-refractivity contribution in [2.75, 3.05) is 26.3 Å². The van der Waals surface area contributed by atoms with Crippen molar-refractivity contribution >= 4 is 15.9 Å². The van der Waals surface area contributed by atoms with Crippen molar-refractivity contribution in [2.45, 2.75) is 49.8 Å². The highest BCUT2D eigenvalue weighted by Gasteiger charge is 2.40. The maximum atomic E-state index is 12.8. The number of ether oxygens (including phenoxy) is 2. The maximum Gasteiger partial charge on any atom is 0.253 e. The molecule has 0 aromatic heterocycles. The first kappa shape index (κ1) is 19.3. The third-order valence-corrected chi connectivity index (χ3v) is 6.57. The predicted octanol–water partition coefficient (Wildman–Crippen LogP) is 1.74. The van der Waals surface area contributed by atoms with Gasteiger partial charge in [0.15, 0.2) is 5.79 Å². The van der Waals surface area contributed by atoms with Gasteiger partial charge in [0.2, 0.25) is 10.0 Å². The number of hydrogen-bond acceptors (Lipinski definition) is 5. The molecule has 0 aliphatic carbocycles. The second kappa shape index (κ2) is 7.64. The number of nitrogens with one attached hydrogen (secondary N) is 1. The summed E-state index contributed by atoms with van der Waals surface area (Å²) in [5, 5.41) is 0. The lowest BCUT2D eigenvalue weighted by atomic mass is 10.0. The van der Waals surface area contributed by atoms with Crippen LogP contribution in [0.3, 0.4) is 0 Å². The van der Waals surface area contributed by atoms with Gasteiger partial charge < -0.3 is 14.4 Å². The molecule has 26 heavy (non-hydrogen) atoms. The van der Waals surface area contributed by atoms with E-state index >= 15 is 0 Å². The number of carbonyl (C=O) groups is 1. The predicted molar refractivity (Wildman–Crippen MR) is 96.3 cm³/mol. The molecule has 2 aliphatic rings. The lowest BCUT2D eigenvalue weighted by Crippen LogP contribution is -2.47.